The predicted octanol–water partition coefficient (Wildman–Crippen LogP) is 3.86. The fourth-order valence-electron chi connectivity index (χ4n) is 7.28. The lowest BCUT2D eigenvalue weighted by Crippen LogP contribution is -2.63. The van der Waals surface area contributed by atoms with Crippen LogP contribution in [0.3, 0.4) is 0 Å². The van der Waals surface area contributed by atoms with Crippen LogP contribution in [0, 0.1) is 5.92 Å². The van der Waals surface area contributed by atoms with Crippen LogP contribution >= 0.6 is 0 Å². The van der Waals surface area contributed by atoms with Gasteiger partial charge in [0, 0.05) is 35.4 Å². The van der Waals surface area contributed by atoms with Gasteiger partial charge in [0.2, 0.25) is 5.91 Å². The van der Waals surface area contributed by atoms with Crippen LogP contribution in [0.25, 0.3) is 11.0 Å². The van der Waals surface area contributed by atoms with Crippen LogP contribution in [0.2, 0.25) is 0 Å². The van der Waals surface area contributed by atoms with Gasteiger partial charge in [-0.25, -0.2) is 4.79 Å². The molecule has 0 unspecified atom stereocenters. The number of likely N-dealkylation sites (tertiary alicyclic amines) is 1. The summed E-state index contributed by atoms with van der Waals surface area (Å²) in [5, 5.41) is 3.56. The second kappa shape index (κ2) is 8.34. The zero-order valence-electron chi connectivity index (χ0n) is 21.7. The highest BCUT2D eigenvalue weighted by molar-refractivity contribution is 6.21. The third-order valence-electron chi connectivity index (χ3n) is 8.75. The van der Waals surface area contributed by atoms with Gasteiger partial charge in [-0.05, 0) is 36.9 Å². The zero-order chi connectivity index (χ0) is 27.8. The van der Waals surface area contributed by atoms with Crippen LogP contribution in [0.15, 0.2) is 101 Å². The lowest BCUT2D eigenvalue weighted by Gasteiger charge is -2.43. The molecule has 3 aromatic carbocycles. The maximum atomic E-state index is 14.7. The number of rotatable bonds is 4. The number of benzene rings is 3. The van der Waals surface area contributed by atoms with Crippen molar-refractivity contribution >= 4 is 39.9 Å². The normalized spacial score (nSPS) is 25.0. The standard InChI is InChI=1S/C32H25N3O5/c1-3-16-35-25-14-8-6-12-22(25)32(30(35)39)31(21-11-5-7-13-24(21)33-29(31)38)23(18-34(32)2)27(36)20-17-19-10-4-9-15-26(19)40-28(20)37/h3-15,17,23H,1,16,18H2,2H3,(H,33,38)/t23-,31+,32+/m0/s1. The summed E-state index contributed by atoms with van der Waals surface area (Å²) in [6.45, 7) is 4.14. The van der Waals surface area contributed by atoms with Crippen molar-refractivity contribution in [2.75, 3.05) is 30.4 Å². The fourth-order valence-corrected chi connectivity index (χ4v) is 7.28. The average Bonchev–Trinajstić information content (AvgIpc) is 3.51. The molecule has 4 heterocycles. The lowest BCUT2D eigenvalue weighted by molar-refractivity contribution is -0.138. The molecule has 3 aliphatic heterocycles. The second-order valence-corrected chi connectivity index (χ2v) is 10.5. The number of hydrogen-bond acceptors (Lipinski definition) is 6. The van der Waals surface area contributed by atoms with Gasteiger partial charge in [-0.2, -0.15) is 0 Å². The number of likely N-dealkylation sites (N-methyl/N-ethyl adjacent to an activating group) is 1. The average molecular weight is 532 g/mol. The molecule has 1 N–H and O–H groups in total. The number of hydrogen-bond donors (Lipinski definition) is 1. The molecule has 1 fully saturated rings. The smallest absolute Gasteiger partial charge is 0.347 e. The van der Waals surface area contributed by atoms with Crippen LogP contribution in [0.4, 0.5) is 11.4 Å². The Morgan fingerprint density at radius 3 is 2.52 bits per heavy atom. The molecule has 198 valence electrons. The van der Waals surface area contributed by atoms with Crippen molar-refractivity contribution in [1.82, 2.24) is 4.90 Å². The molecular weight excluding hydrogens is 506 g/mol. The number of nitrogens with one attached hydrogen (secondary N) is 1. The summed E-state index contributed by atoms with van der Waals surface area (Å²) in [5.41, 5.74) is -1.37. The maximum absolute atomic E-state index is 14.7. The molecule has 2 spiro atoms. The van der Waals surface area contributed by atoms with E-state index in [1.54, 1.807) is 66.6 Å². The van der Waals surface area contributed by atoms with E-state index < -0.39 is 34.2 Å². The molecule has 3 atom stereocenters. The Balaban J connectivity index is 1.54. The molecule has 3 aliphatic rings. The molecule has 1 saturated heterocycles. The summed E-state index contributed by atoms with van der Waals surface area (Å²) < 4.78 is 5.51. The summed E-state index contributed by atoms with van der Waals surface area (Å²) in [6.07, 6.45) is 1.64. The Labute approximate surface area is 229 Å². The van der Waals surface area contributed by atoms with E-state index in [2.05, 4.69) is 11.9 Å². The first-order valence-corrected chi connectivity index (χ1v) is 13.1. The van der Waals surface area contributed by atoms with Crippen LogP contribution in [0.5, 0.6) is 0 Å². The van der Waals surface area contributed by atoms with E-state index in [4.69, 9.17) is 4.42 Å². The molecule has 7 rings (SSSR count). The SMILES string of the molecule is C=CCN1C(=O)[C@@]2(c3ccccc31)N(C)C[C@@H](C(=O)c1cc3ccccc3oc1=O)[C@]21C(=O)Nc2ccccc21. The van der Waals surface area contributed by atoms with Crippen LogP contribution < -0.4 is 15.8 Å². The van der Waals surface area contributed by atoms with Crippen molar-refractivity contribution in [3.05, 3.63) is 119 Å². The molecule has 1 aromatic heterocycles. The summed E-state index contributed by atoms with van der Waals surface area (Å²) in [7, 11) is 1.76. The van der Waals surface area contributed by atoms with Crippen molar-refractivity contribution in [3.63, 3.8) is 0 Å². The van der Waals surface area contributed by atoms with Crippen molar-refractivity contribution < 1.29 is 18.8 Å². The van der Waals surface area contributed by atoms with E-state index in [0.29, 0.717) is 33.5 Å². The summed E-state index contributed by atoms with van der Waals surface area (Å²) in [5.74, 6) is -2.37. The van der Waals surface area contributed by atoms with Gasteiger partial charge in [-0.15, -0.1) is 6.58 Å². The molecule has 0 aliphatic carbocycles. The number of nitrogens with zero attached hydrogens (tertiary/aromatic N) is 2. The van der Waals surface area contributed by atoms with E-state index in [0.717, 1.165) is 0 Å². The van der Waals surface area contributed by atoms with Gasteiger partial charge in [0.1, 0.15) is 22.1 Å². The maximum Gasteiger partial charge on any atom is 0.347 e. The first kappa shape index (κ1) is 24.2. The van der Waals surface area contributed by atoms with E-state index in [-0.39, 0.29) is 24.6 Å². The number of carbonyl (C=O) groups excluding carboxylic acids is 3. The minimum atomic E-state index is -1.66. The Hall–Kier alpha value is -4.82. The molecule has 4 aromatic rings. The van der Waals surface area contributed by atoms with E-state index >= 15 is 0 Å². The zero-order valence-corrected chi connectivity index (χ0v) is 21.7. The van der Waals surface area contributed by atoms with Gasteiger partial charge in [0.25, 0.3) is 5.91 Å². The van der Waals surface area contributed by atoms with E-state index in [1.807, 2.05) is 29.2 Å². The number of anilines is 2. The molecule has 0 saturated carbocycles. The number of Topliss-reactive ketones (excluding diaryl/α,β-unsaturated/α-hetero) is 1. The highest BCUT2D eigenvalue weighted by atomic mass is 16.4. The fraction of sp³-hybridized carbons (Fsp3) is 0.188. The number of fused-ring (bicyclic) bond motifs is 6. The van der Waals surface area contributed by atoms with Crippen molar-refractivity contribution in [2.24, 2.45) is 5.92 Å². The van der Waals surface area contributed by atoms with Crippen molar-refractivity contribution in [3.8, 4) is 0 Å². The Morgan fingerprint density at radius 2 is 1.73 bits per heavy atom. The molecule has 8 nitrogen and oxygen atoms in total. The highest BCUT2D eigenvalue weighted by Crippen LogP contribution is 2.64. The number of carbonyl (C=O) groups is 3. The quantitative estimate of drug-likeness (QED) is 0.244. The van der Waals surface area contributed by atoms with Gasteiger partial charge in [0.15, 0.2) is 5.78 Å². The first-order valence-electron chi connectivity index (χ1n) is 13.1. The number of amides is 2. The first-order chi connectivity index (χ1) is 19.4. The molecule has 8 heteroatoms. The molecule has 40 heavy (non-hydrogen) atoms. The van der Waals surface area contributed by atoms with Crippen molar-refractivity contribution in [2.45, 2.75) is 11.0 Å². The monoisotopic (exact) mass is 531 g/mol. The van der Waals surface area contributed by atoms with Crippen molar-refractivity contribution in [1.29, 1.82) is 0 Å². The Morgan fingerprint density at radius 1 is 1.02 bits per heavy atom. The third kappa shape index (κ3) is 2.73. The van der Waals surface area contributed by atoms with Gasteiger partial charge in [-0.3, -0.25) is 19.3 Å². The number of ketones is 1. The third-order valence-corrected chi connectivity index (χ3v) is 8.75. The Bertz CT molecular complexity index is 1840. The lowest BCUT2D eigenvalue weighted by atomic mass is 9.58. The highest BCUT2D eigenvalue weighted by Gasteiger charge is 2.78. The van der Waals surface area contributed by atoms with Gasteiger partial charge in [-0.1, -0.05) is 60.7 Å². The molecule has 0 radical (unpaired) electrons. The number of para-hydroxylation sites is 3. The minimum Gasteiger partial charge on any atom is -0.422 e. The Kier molecular flexibility index (Phi) is 5.05. The van der Waals surface area contributed by atoms with Crippen LogP contribution in [0.1, 0.15) is 21.5 Å². The molecule has 2 amide bonds. The second-order valence-electron chi connectivity index (χ2n) is 10.5. The summed E-state index contributed by atoms with van der Waals surface area (Å²) in [6, 6.07) is 23.0. The van der Waals surface area contributed by atoms with E-state index in [9.17, 15) is 19.2 Å². The van der Waals surface area contributed by atoms with E-state index in [1.165, 1.54) is 6.07 Å². The van der Waals surface area contributed by atoms with Gasteiger partial charge in [0.05, 0.1) is 5.92 Å². The molecular formula is C32H25N3O5. The molecule has 0 bridgehead atoms. The topological polar surface area (TPSA) is 99.9 Å². The van der Waals surface area contributed by atoms with Crippen LogP contribution in [-0.4, -0.2) is 42.6 Å². The van der Waals surface area contributed by atoms with Gasteiger partial charge >= 0.3 is 5.63 Å². The van der Waals surface area contributed by atoms with Crippen LogP contribution in [-0.2, 0) is 20.5 Å². The summed E-state index contributed by atoms with van der Waals surface area (Å²) in [4.78, 5) is 60.3. The predicted molar refractivity (Wildman–Crippen MR) is 150 cm³/mol. The minimum absolute atomic E-state index is 0.0643. The summed E-state index contributed by atoms with van der Waals surface area (Å²) >= 11 is 0. The largest absolute Gasteiger partial charge is 0.422 e. The van der Waals surface area contributed by atoms with Gasteiger partial charge < -0.3 is 14.6 Å².